The molecule has 0 spiro atoms. The Labute approximate surface area is 125 Å². The van der Waals surface area contributed by atoms with Gasteiger partial charge in [-0.05, 0) is 15.9 Å². The number of anilines is 1. The lowest BCUT2D eigenvalue weighted by atomic mass is 10.2. The van der Waals surface area contributed by atoms with E-state index in [1.807, 2.05) is 0 Å². The number of nitro benzene ring substituents is 2. The Kier molecular flexibility index (Phi) is 4.86. The van der Waals surface area contributed by atoms with Crippen molar-refractivity contribution in [2.45, 2.75) is 0 Å². The first-order valence-electron chi connectivity index (χ1n) is 4.98. The Balaban J connectivity index is 3.37. The topological polar surface area (TPSA) is 184 Å². The number of nitro groups is 2. The molecule has 0 unspecified atom stereocenters. The molecule has 11 nitrogen and oxygen atoms in total. The highest BCUT2D eigenvalue weighted by Crippen LogP contribution is 2.36. The van der Waals surface area contributed by atoms with Crippen LogP contribution in [0.15, 0.2) is 21.7 Å². The summed E-state index contributed by atoms with van der Waals surface area (Å²) in [5.41, 5.74) is 5.45. The van der Waals surface area contributed by atoms with Crippen molar-refractivity contribution in [3.8, 4) is 6.07 Å². The summed E-state index contributed by atoms with van der Waals surface area (Å²) in [7, 11) is 0. The molecular weight excluding hydrogens is 350 g/mol. The molecule has 0 heterocycles. The number of non-ortho nitro benzene ring substituents is 1. The zero-order valence-corrected chi connectivity index (χ0v) is 11.6. The van der Waals surface area contributed by atoms with Crippen molar-refractivity contribution in [1.29, 1.82) is 10.7 Å². The number of halogens is 1. The Morgan fingerprint density at radius 1 is 1.43 bits per heavy atom. The monoisotopic (exact) mass is 355 g/mol. The van der Waals surface area contributed by atoms with Crippen molar-refractivity contribution < 1.29 is 9.85 Å². The molecule has 0 saturated heterocycles. The first-order chi connectivity index (χ1) is 9.77. The first kappa shape index (κ1) is 16.0. The van der Waals surface area contributed by atoms with Crippen LogP contribution in [0.3, 0.4) is 0 Å². The van der Waals surface area contributed by atoms with Crippen LogP contribution in [0.5, 0.6) is 0 Å². The highest BCUT2D eigenvalue weighted by molar-refractivity contribution is 9.10. The fourth-order valence-electron chi connectivity index (χ4n) is 1.20. The molecule has 0 amide bonds. The van der Waals surface area contributed by atoms with E-state index in [4.69, 9.17) is 16.4 Å². The second-order valence-electron chi connectivity index (χ2n) is 3.43. The lowest BCUT2D eigenvalue weighted by Crippen LogP contribution is -2.22. The van der Waals surface area contributed by atoms with Crippen LogP contribution in [-0.4, -0.2) is 21.4 Å². The third-order valence-corrected chi connectivity index (χ3v) is 2.73. The van der Waals surface area contributed by atoms with Crippen molar-refractivity contribution in [3.63, 3.8) is 0 Å². The molecule has 0 radical (unpaired) electrons. The van der Waals surface area contributed by atoms with Crippen LogP contribution in [0.2, 0.25) is 0 Å². The van der Waals surface area contributed by atoms with E-state index in [9.17, 15) is 20.2 Å². The second-order valence-corrected chi connectivity index (χ2v) is 4.29. The fourth-order valence-corrected chi connectivity index (χ4v) is 1.72. The summed E-state index contributed by atoms with van der Waals surface area (Å²) in [5.74, 6) is -0.634. The van der Waals surface area contributed by atoms with Gasteiger partial charge in [-0.1, -0.05) is 0 Å². The number of hydrazone groups is 1. The average Bonchev–Trinajstić information content (AvgIpc) is 2.39. The molecule has 0 aromatic heterocycles. The predicted molar refractivity (Wildman–Crippen MR) is 76.0 cm³/mol. The molecule has 0 atom stereocenters. The van der Waals surface area contributed by atoms with E-state index in [0.29, 0.717) is 0 Å². The molecule has 4 N–H and O–H groups in total. The number of nitrogens with two attached hydrogens (primary N) is 1. The zero-order valence-electron chi connectivity index (χ0n) is 10.0. The van der Waals surface area contributed by atoms with Gasteiger partial charge in [0, 0.05) is 6.07 Å². The van der Waals surface area contributed by atoms with Gasteiger partial charge in [0.05, 0.1) is 20.4 Å². The quantitative estimate of drug-likeness (QED) is 0.309. The smallest absolute Gasteiger partial charge is 0.302 e. The number of nitriles is 1. The standard InChI is InChI=1S/C9H6BrN7O4/c10-5-1-4(16(18)19)2-7(17(20)21)8(5)15-14-6(3-11)9(12)13/h1-2,15H,(H3,12,13)/b14-6+. The molecule has 12 heteroatoms. The highest BCUT2D eigenvalue weighted by atomic mass is 79.9. The van der Waals surface area contributed by atoms with E-state index in [0.717, 1.165) is 12.1 Å². The summed E-state index contributed by atoms with van der Waals surface area (Å²) in [4.78, 5) is 20.0. The molecular formula is C9H6BrN7O4. The lowest BCUT2D eigenvalue weighted by Gasteiger charge is -2.05. The molecule has 0 saturated carbocycles. The normalized spacial score (nSPS) is 10.6. The second kappa shape index (κ2) is 6.39. The van der Waals surface area contributed by atoms with E-state index in [-0.39, 0.29) is 10.2 Å². The van der Waals surface area contributed by atoms with Gasteiger partial charge in [-0.2, -0.15) is 10.4 Å². The number of amidine groups is 1. The maximum atomic E-state index is 10.9. The van der Waals surface area contributed by atoms with Gasteiger partial charge in [0.1, 0.15) is 11.8 Å². The minimum Gasteiger partial charge on any atom is -0.382 e. The molecule has 0 bridgehead atoms. The van der Waals surface area contributed by atoms with Gasteiger partial charge >= 0.3 is 5.69 Å². The summed E-state index contributed by atoms with van der Waals surface area (Å²) in [6, 6.07) is 3.29. The van der Waals surface area contributed by atoms with Gasteiger partial charge in [-0.25, -0.2) is 0 Å². The van der Waals surface area contributed by atoms with Crippen molar-refractivity contribution in [2.75, 3.05) is 5.43 Å². The van der Waals surface area contributed by atoms with Crippen molar-refractivity contribution >= 4 is 44.5 Å². The number of nitrogens with zero attached hydrogens (tertiary/aromatic N) is 4. The van der Waals surface area contributed by atoms with Gasteiger partial charge < -0.3 is 5.73 Å². The zero-order chi connectivity index (χ0) is 16.2. The van der Waals surface area contributed by atoms with E-state index >= 15 is 0 Å². The van der Waals surface area contributed by atoms with E-state index in [1.165, 1.54) is 6.07 Å². The van der Waals surface area contributed by atoms with E-state index in [1.54, 1.807) is 0 Å². The highest BCUT2D eigenvalue weighted by Gasteiger charge is 2.23. The van der Waals surface area contributed by atoms with Gasteiger partial charge in [0.15, 0.2) is 5.84 Å². The SMILES string of the molecule is N#C/C(=N\Nc1c(Br)cc([N+](=O)[O-])cc1[N+](=O)[O-])C(=N)N. The molecule has 108 valence electrons. The first-order valence-corrected chi connectivity index (χ1v) is 5.77. The van der Waals surface area contributed by atoms with Crippen molar-refractivity contribution in [2.24, 2.45) is 10.8 Å². The largest absolute Gasteiger partial charge is 0.382 e. The van der Waals surface area contributed by atoms with Crippen molar-refractivity contribution in [3.05, 3.63) is 36.8 Å². The van der Waals surface area contributed by atoms with E-state index < -0.39 is 32.8 Å². The number of hydrogen-bond acceptors (Lipinski definition) is 8. The molecule has 0 fully saturated rings. The molecule has 0 aliphatic heterocycles. The number of nitrogens with one attached hydrogen (secondary N) is 2. The van der Waals surface area contributed by atoms with Gasteiger partial charge in [0.25, 0.3) is 5.69 Å². The summed E-state index contributed by atoms with van der Waals surface area (Å²) in [6.45, 7) is 0. The summed E-state index contributed by atoms with van der Waals surface area (Å²) in [6.07, 6.45) is 0. The van der Waals surface area contributed by atoms with Crippen LogP contribution in [0.25, 0.3) is 0 Å². The van der Waals surface area contributed by atoms with Crippen LogP contribution >= 0.6 is 15.9 Å². The molecule has 1 aromatic rings. The molecule has 0 aliphatic rings. The van der Waals surface area contributed by atoms with Crippen LogP contribution in [0.4, 0.5) is 17.1 Å². The Bertz CT molecular complexity index is 709. The fraction of sp³-hybridized carbons (Fsp3) is 0. The minimum absolute atomic E-state index is 0.00649. The van der Waals surface area contributed by atoms with Crippen LogP contribution < -0.4 is 11.2 Å². The maximum Gasteiger partial charge on any atom is 0.302 e. The minimum atomic E-state index is -0.852. The Morgan fingerprint density at radius 2 is 2.05 bits per heavy atom. The summed E-state index contributed by atoms with van der Waals surface area (Å²) >= 11 is 2.94. The van der Waals surface area contributed by atoms with Gasteiger partial charge in [-0.15, -0.1) is 0 Å². The third kappa shape index (κ3) is 3.70. The Morgan fingerprint density at radius 3 is 2.48 bits per heavy atom. The van der Waals surface area contributed by atoms with Crippen LogP contribution in [-0.2, 0) is 0 Å². The number of hydrogen-bond donors (Lipinski definition) is 3. The number of rotatable bonds is 5. The van der Waals surface area contributed by atoms with Crippen LogP contribution in [0, 0.1) is 37.0 Å². The average molecular weight is 356 g/mol. The number of benzene rings is 1. The summed E-state index contributed by atoms with van der Waals surface area (Å²) < 4.78 is -0.00649. The Hall–Kier alpha value is -3.07. The molecule has 0 aliphatic carbocycles. The van der Waals surface area contributed by atoms with Crippen LogP contribution in [0.1, 0.15) is 0 Å². The lowest BCUT2D eigenvalue weighted by molar-refractivity contribution is -0.393. The molecule has 21 heavy (non-hydrogen) atoms. The summed E-state index contributed by atoms with van der Waals surface area (Å²) in [5, 5.41) is 40.8. The van der Waals surface area contributed by atoms with Gasteiger partial charge in [-0.3, -0.25) is 31.1 Å². The predicted octanol–water partition coefficient (Wildman–Crippen LogP) is 1.49. The molecule has 1 rings (SSSR count). The molecule has 1 aromatic carbocycles. The third-order valence-electron chi connectivity index (χ3n) is 2.10. The van der Waals surface area contributed by atoms with Crippen molar-refractivity contribution in [1.82, 2.24) is 0 Å². The maximum absolute atomic E-state index is 10.9. The van der Waals surface area contributed by atoms with Gasteiger partial charge in [0.2, 0.25) is 5.71 Å². The van der Waals surface area contributed by atoms with E-state index in [2.05, 4.69) is 26.5 Å².